The Morgan fingerprint density at radius 2 is 2.10 bits per heavy atom. The van der Waals surface area contributed by atoms with E-state index in [1.165, 1.54) is 0 Å². The van der Waals surface area contributed by atoms with Crippen LogP contribution in [0.4, 0.5) is 5.82 Å². The maximum atomic E-state index is 5.90. The average molecular weight is 271 g/mol. The van der Waals surface area contributed by atoms with Crippen molar-refractivity contribution in [1.82, 2.24) is 9.97 Å². The number of anilines is 1. The molecule has 2 aromatic heterocycles. The molecule has 104 valence electrons. The fourth-order valence-corrected chi connectivity index (χ4v) is 2.24. The van der Waals surface area contributed by atoms with Crippen LogP contribution in [0.5, 0.6) is 0 Å². The van der Waals surface area contributed by atoms with E-state index in [4.69, 9.17) is 9.15 Å². The molecule has 0 saturated carbocycles. The standard InChI is InChI=1S/C15H17N3O2/c1-3-19-9-8-18(2)15-14-13(16-10-17-15)11-6-4-5-7-12(11)20-14/h4-7,10H,3,8-9H2,1-2H3. The summed E-state index contributed by atoms with van der Waals surface area (Å²) in [7, 11) is 1.98. The molecule has 5 nitrogen and oxygen atoms in total. The smallest absolute Gasteiger partial charge is 0.196 e. The molecule has 0 atom stereocenters. The number of para-hydroxylation sites is 1. The quantitative estimate of drug-likeness (QED) is 0.668. The van der Waals surface area contributed by atoms with Crippen LogP contribution in [-0.2, 0) is 4.74 Å². The lowest BCUT2D eigenvalue weighted by molar-refractivity contribution is 0.154. The van der Waals surface area contributed by atoms with Crippen LogP contribution in [0, 0.1) is 0 Å². The van der Waals surface area contributed by atoms with Crippen molar-refractivity contribution in [1.29, 1.82) is 0 Å². The molecule has 0 amide bonds. The summed E-state index contributed by atoms with van der Waals surface area (Å²) in [6.07, 6.45) is 1.58. The highest BCUT2D eigenvalue weighted by Crippen LogP contribution is 2.31. The Balaban J connectivity index is 2.02. The molecule has 0 fully saturated rings. The molecule has 0 radical (unpaired) electrons. The molecule has 2 heterocycles. The Kier molecular flexibility index (Phi) is 3.52. The second-order valence-electron chi connectivity index (χ2n) is 4.59. The number of nitrogens with zero attached hydrogens (tertiary/aromatic N) is 3. The lowest BCUT2D eigenvalue weighted by atomic mass is 10.2. The number of fused-ring (bicyclic) bond motifs is 3. The third kappa shape index (κ3) is 2.20. The van der Waals surface area contributed by atoms with Gasteiger partial charge in [0.25, 0.3) is 0 Å². The fraction of sp³-hybridized carbons (Fsp3) is 0.333. The van der Waals surface area contributed by atoms with Crippen molar-refractivity contribution < 1.29 is 9.15 Å². The minimum atomic E-state index is 0.665. The van der Waals surface area contributed by atoms with Crippen LogP contribution in [0.1, 0.15) is 6.92 Å². The molecule has 5 heteroatoms. The van der Waals surface area contributed by atoms with Crippen LogP contribution < -0.4 is 4.90 Å². The van der Waals surface area contributed by atoms with Crippen molar-refractivity contribution >= 4 is 27.9 Å². The number of ether oxygens (including phenoxy) is 1. The molecule has 0 unspecified atom stereocenters. The largest absolute Gasteiger partial charge is 0.450 e. The van der Waals surface area contributed by atoms with Crippen molar-refractivity contribution in [2.24, 2.45) is 0 Å². The Hall–Kier alpha value is -2.14. The van der Waals surface area contributed by atoms with E-state index < -0.39 is 0 Å². The maximum absolute atomic E-state index is 5.90. The minimum absolute atomic E-state index is 0.665. The van der Waals surface area contributed by atoms with E-state index in [-0.39, 0.29) is 0 Å². The van der Waals surface area contributed by atoms with Gasteiger partial charge in [0, 0.05) is 25.6 Å². The van der Waals surface area contributed by atoms with Crippen molar-refractivity contribution in [3.63, 3.8) is 0 Å². The summed E-state index contributed by atoms with van der Waals surface area (Å²) in [6.45, 7) is 4.13. The third-order valence-electron chi connectivity index (χ3n) is 3.28. The number of hydrogen-bond acceptors (Lipinski definition) is 5. The number of hydrogen-bond donors (Lipinski definition) is 0. The predicted molar refractivity (Wildman–Crippen MR) is 79.1 cm³/mol. The Morgan fingerprint density at radius 1 is 1.25 bits per heavy atom. The molecular weight excluding hydrogens is 254 g/mol. The van der Waals surface area contributed by atoms with Crippen LogP contribution in [0.3, 0.4) is 0 Å². The van der Waals surface area contributed by atoms with Crippen molar-refractivity contribution in [2.45, 2.75) is 6.92 Å². The molecule has 0 bridgehead atoms. The van der Waals surface area contributed by atoms with E-state index in [0.717, 1.165) is 41.0 Å². The summed E-state index contributed by atoms with van der Waals surface area (Å²) in [5.41, 5.74) is 2.42. The topological polar surface area (TPSA) is 51.4 Å². The normalized spacial score (nSPS) is 11.3. The number of aromatic nitrogens is 2. The molecule has 3 aromatic rings. The van der Waals surface area contributed by atoms with Gasteiger partial charge in [0.1, 0.15) is 17.4 Å². The molecule has 3 rings (SSSR count). The maximum Gasteiger partial charge on any atom is 0.196 e. The highest BCUT2D eigenvalue weighted by atomic mass is 16.5. The van der Waals surface area contributed by atoms with E-state index in [0.29, 0.717) is 6.61 Å². The monoisotopic (exact) mass is 271 g/mol. The first kappa shape index (κ1) is 12.9. The number of furan rings is 1. The molecule has 0 aliphatic heterocycles. The van der Waals surface area contributed by atoms with Crippen molar-refractivity contribution in [2.75, 3.05) is 31.7 Å². The molecule has 0 aliphatic carbocycles. The van der Waals surface area contributed by atoms with Gasteiger partial charge in [-0.3, -0.25) is 0 Å². The molecule has 0 spiro atoms. The van der Waals surface area contributed by atoms with E-state index in [9.17, 15) is 0 Å². The Bertz CT molecular complexity index is 723. The minimum Gasteiger partial charge on any atom is -0.450 e. The van der Waals surface area contributed by atoms with Crippen LogP contribution in [0.15, 0.2) is 35.0 Å². The lowest BCUT2D eigenvalue weighted by Gasteiger charge is -2.17. The van der Waals surface area contributed by atoms with Gasteiger partial charge in [-0.15, -0.1) is 0 Å². The summed E-state index contributed by atoms with van der Waals surface area (Å²) < 4.78 is 11.3. The van der Waals surface area contributed by atoms with E-state index in [1.807, 2.05) is 43.1 Å². The highest BCUT2D eigenvalue weighted by molar-refractivity contribution is 6.05. The van der Waals surface area contributed by atoms with Gasteiger partial charge in [0.2, 0.25) is 0 Å². The first-order chi connectivity index (χ1) is 9.81. The summed E-state index contributed by atoms with van der Waals surface area (Å²) in [5, 5.41) is 1.02. The van der Waals surface area contributed by atoms with E-state index in [2.05, 4.69) is 9.97 Å². The molecule has 20 heavy (non-hydrogen) atoms. The lowest BCUT2D eigenvalue weighted by Crippen LogP contribution is -2.23. The van der Waals surface area contributed by atoms with Gasteiger partial charge in [0.15, 0.2) is 11.4 Å². The Morgan fingerprint density at radius 3 is 2.95 bits per heavy atom. The van der Waals surface area contributed by atoms with Crippen molar-refractivity contribution in [3.8, 4) is 0 Å². The molecule has 0 N–H and O–H groups in total. The van der Waals surface area contributed by atoms with E-state index in [1.54, 1.807) is 6.33 Å². The zero-order valence-electron chi connectivity index (χ0n) is 11.7. The van der Waals surface area contributed by atoms with E-state index >= 15 is 0 Å². The SMILES string of the molecule is CCOCCN(C)c1ncnc2c1oc1ccccc12. The number of likely N-dealkylation sites (N-methyl/N-ethyl adjacent to an activating group) is 1. The van der Waals surface area contributed by atoms with Crippen LogP contribution in [0.2, 0.25) is 0 Å². The summed E-state index contributed by atoms with van der Waals surface area (Å²) >= 11 is 0. The van der Waals surface area contributed by atoms with Gasteiger partial charge < -0.3 is 14.1 Å². The van der Waals surface area contributed by atoms with Crippen molar-refractivity contribution in [3.05, 3.63) is 30.6 Å². The van der Waals surface area contributed by atoms with Gasteiger partial charge >= 0.3 is 0 Å². The third-order valence-corrected chi connectivity index (χ3v) is 3.28. The van der Waals surface area contributed by atoms with Gasteiger partial charge in [-0.2, -0.15) is 0 Å². The van der Waals surface area contributed by atoms with Gasteiger partial charge in [-0.05, 0) is 19.1 Å². The highest BCUT2D eigenvalue weighted by Gasteiger charge is 2.15. The zero-order chi connectivity index (χ0) is 13.9. The molecule has 1 aromatic carbocycles. The molecular formula is C15H17N3O2. The second-order valence-corrected chi connectivity index (χ2v) is 4.59. The van der Waals surface area contributed by atoms with Gasteiger partial charge in [-0.1, -0.05) is 12.1 Å². The van der Waals surface area contributed by atoms with Crippen LogP contribution in [0.25, 0.3) is 22.1 Å². The predicted octanol–water partition coefficient (Wildman–Crippen LogP) is 2.85. The molecule has 0 saturated heterocycles. The second kappa shape index (κ2) is 5.46. The first-order valence-corrected chi connectivity index (χ1v) is 6.72. The van der Waals surface area contributed by atoms with Crippen LogP contribution in [-0.4, -0.2) is 36.8 Å². The van der Waals surface area contributed by atoms with Gasteiger partial charge in [-0.25, -0.2) is 9.97 Å². The van der Waals surface area contributed by atoms with Crippen LogP contribution >= 0.6 is 0 Å². The van der Waals surface area contributed by atoms with Gasteiger partial charge in [0.05, 0.1) is 6.61 Å². The summed E-state index contributed by atoms with van der Waals surface area (Å²) in [4.78, 5) is 10.7. The number of rotatable bonds is 5. The Labute approximate surface area is 117 Å². The summed E-state index contributed by atoms with van der Waals surface area (Å²) in [5.74, 6) is 0.797. The molecule has 0 aliphatic rings. The first-order valence-electron chi connectivity index (χ1n) is 6.72. The summed E-state index contributed by atoms with van der Waals surface area (Å²) in [6, 6.07) is 7.90. The fourth-order valence-electron chi connectivity index (χ4n) is 2.24. The number of benzene rings is 1. The zero-order valence-corrected chi connectivity index (χ0v) is 11.7. The average Bonchev–Trinajstić information content (AvgIpc) is 2.86.